The lowest BCUT2D eigenvalue weighted by atomic mass is 10.0. The van der Waals surface area contributed by atoms with Crippen LogP contribution in [0.3, 0.4) is 0 Å². The molecule has 2 heterocycles. The molecule has 6 heteroatoms. The number of furan rings is 1. The zero-order chi connectivity index (χ0) is 20.1. The molecular weight excluding hydrogens is 372 g/mol. The molecule has 0 bridgehead atoms. The van der Waals surface area contributed by atoms with Gasteiger partial charge in [-0.2, -0.15) is 0 Å². The fourth-order valence-electron chi connectivity index (χ4n) is 3.17. The van der Waals surface area contributed by atoms with Crippen molar-refractivity contribution in [3.63, 3.8) is 0 Å². The first-order valence-electron chi connectivity index (χ1n) is 9.19. The summed E-state index contributed by atoms with van der Waals surface area (Å²) in [4.78, 5) is 27.8. The molecular formula is C22H24N2O3S. The third-order valence-electron chi connectivity index (χ3n) is 4.55. The highest BCUT2D eigenvalue weighted by Gasteiger charge is 2.25. The number of carbonyl (C=O) groups is 2. The Kier molecular flexibility index (Phi) is 6.31. The molecule has 0 unspecified atom stereocenters. The van der Waals surface area contributed by atoms with E-state index in [4.69, 9.17) is 4.42 Å². The Morgan fingerprint density at radius 2 is 1.82 bits per heavy atom. The summed E-state index contributed by atoms with van der Waals surface area (Å²) in [6.07, 6.45) is 1.83. The van der Waals surface area contributed by atoms with E-state index in [1.807, 2.05) is 37.3 Å². The zero-order valence-corrected chi connectivity index (χ0v) is 17.0. The molecule has 1 aromatic carbocycles. The van der Waals surface area contributed by atoms with Gasteiger partial charge in [0, 0.05) is 16.2 Å². The summed E-state index contributed by atoms with van der Waals surface area (Å²) in [7, 11) is 0. The van der Waals surface area contributed by atoms with Crippen LogP contribution < -0.4 is 10.6 Å². The Morgan fingerprint density at radius 1 is 1.07 bits per heavy atom. The van der Waals surface area contributed by atoms with E-state index in [0.29, 0.717) is 6.42 Å². The van der Waals surface area contributed by atoms with Gasteiger partial charge < -0.3 is 15.1 Å². The normalized spacial score (nSPS) is 13.0. The monoisotopic (exact) mass is 396 g/mol. The minimum atomic E-state index is -0.706. The van der Waals surface area contributed by atoms with Gasteiger partial charge in [0.2, 0.25) is 5.91 Å². The van der Waals surface area contributed by atoms with Crippen molar-refractivity contribution >= 4 is 23.2 Å². The lowest BCUT2D eigenvalue weighted by molar-refractivity contribution is -0.123. The van der Waals surface area contributed by atoms with E-state index in [-0.39, 0.29) is 17.7 Å². The second kappa shape index (κ2) is 8.89. The highest BCUT2D eigenvalue weighted by molar-refractivity contribution is 7.12. The molecule has 2 atom stereocenters. The lowest BCUT2D eigenvalue weighted by Crippen LogP contribution is -2.48. The topological polar surface area (TPSA) is 71.3 Å². The van der Waals surface area contributed by atoms with Crippen LogP contribution in [0.4, 0.5) is 0 Å². The summed E-state index contributed by atoms with van der Waals surface area (Å²) in [6, 6.07) is 14.1. The number of rotatable bonds is 7. The Hall–Kier alpha value is -2.86. The van der Waals surface area contributed by atoms with Crippen LogP contribution in [0.2, 0.25) is 0 Å². The maximum atomic E-state index is 13.0. The maximum Gasteiger partial charge on any atom is 0.287 e. The number of hydrogen-bond donors (Lipinski definition) is 2. The van der Waals surface area contributed by atoms with Gasteiger partial charge in [-0.05, 0) is 50.1 Å². The number of hydrogen-bond acceptors (Lipinski definition) is 4. The van der Waals surface area contributed by atoms with Gasteiger partial charge >= 0.3 is 0 Å². The van der Waals surface area contributed by atoms with Crippen LogP contribution in [0.15, 0.2) is 59.2 Å². The fourth-order valence-corrected chi connectivity index (χ4v) is 4.19. The molecule has 3 aromatic rings. The third-order valence-corrected chi connectivity index (χ3v) is 5.54. The number of benzene rings is 1. The molecule has 0 saturated carbocycles. The standard InChI is InChI=1S/C22H24N2O3S/c1-14-12-18(16(3)28-14)15(2)23-21(25)19(13-17-8-5-4-6-9-17)24-22(26)20-10-7-11-27-20/h4-12,15,19H,13H2,1-3H3,(H,23,25)(H,24,26)/t15-,19+/m0/s1. The van der Waals surface area contributed by atoms with Gasteiger partial charge in [0.15, 0.2) is 5.76 Å². The van der Waals surface area contributed by atoms with Gasteiger partial charge in [-0.3, -0.25) is 9.59 Å². The van der Waals surface area contributed by atoms with Gasteiger partial charge in [-0.15, -0.1) is 11.3 Å². The number of carbonyl (C=O) groups excluding carboxylic acids is 2. The molecule has 0 aliphatic rings. The summed E-state index contributed by atoms with van der Waals surface area (Å²) < 4.78 is 5.15. The molecule has 2 amide bonds. The molecule has 28 heavy (non-hydrogen) atoms. The molecule has 0 aliphatic heterocycles. The van der Waals surface area contributed by atoms with Gasteiger partial charge in [0.05, 0.1) is 12.3 Å². The van der Waals surface area contributed by atoms with E-state index in [9.17, 15) is 9.59 Å². The number of thiophene rings is 1. The van der Waals surface area contributed by atoms with Crippen LogP contribution >= 0.6 is 11.3 Å². The van der Waals surface area contributed by atoms with Gasteiger partial charge in [-0.1, -0.05) is 30.3 Å². The van der Waals surface area contributed by atoms with Crippen molar-refractivity contribution in [2.24, 2.45) is 0 Å². The highest BCUT2D eigenvalue weighted by atomic mass is 32.1. The van der Waals surface area contributed by atoms with Gasteiger partial charge in [0.25, 0.3) is 5.91 Å². The second-order valence-electron chi connectivity index (χ2n) is 6.79. The van der Waals surface area contributed by atoms with Crippen molar-refractivity contribution in [1.29, 1.82) is 0 Å². The zero-order valence-electron chi connectivity index (χ0n) is 16.2. The van der Waals surface area contributed by atoms with Crippen molar-refractivity contribution < 1.29 is 14.0 Å². The number of nitrogens with one attached hydrogen (secondary N) is 2. The molecule has 5 nitrogen and oxygen atoms in total. The van der Waals surface area contributed by atoms with Gasteiger partial charge in [-0.25, -0.2) is 0 Å². The SMILES string of the molecule is Cc1cc([C@H](C)NC(=O)[C@@H](Cc2ccccc2)NC(=O)c2ccco2)c(C)s1. The van der Waals surface area contributed by atoms with Crippen LogP contribution in [-0.2, 0) is 11.2 Å². The van der Waals surface area contributed by atoms with E-state index in [0.717, 1.165) is 11.1 Å². The van der Waals surface area contributed by atoms with Crippen LogP contribution in [0, 0.1) is 13.8 Å². The number of amides is 2. The van der Waals surface area contributed by atoms with Crippen LogP contribution in [0.1, 0.15) is 44.4 Å². The Morgan fingerprint density at radius 3 is 2.43 bits per heavy atom. The lowest BCUT2D eigenvalue weighted by Gasteiger charge is -2.21. The molecule has 0 radical (unpaired) electrons. The van der Waals surface area contributed by atoms with Crippen LogP contribution in [0.5, 0.6) is 0 Å². The van der Waals surface area contributed by atoms with E-state index in [1.165, 1.54) is 16.0 Å². The predicted molar refractivity (Wildman–Crippen MR) is 110 cm³/mol. The van der Waals surface area contributed by atoms with Crippen molar-refractivity contribution in [2.45, 2.75) is 39.3 Å². The summed E-state index contributed by atoms with van der Waals surface area (Å²) in [6.45, 7) is 6.06. The van der Waals surface area contributed by atoms with Crippen molar-refractivity contribution in [2.75, 3.05) is 0 Å². The Labute approximate surface area is 168 Å². The first-order chi connectivity index (χ1) is 13.4. The average Bonchev–Trinajstić information content (AvgIpc) is 3.31. The molecule has 2 aromatic heterocycles. The van der Waals surface area contributed by atoms with Crippen molar-refractivity contribution in [3.8, 4) is 0 Å². The van der Waals surface area contributed by atoms with E-state index >= 15 is 0 Å². The Balaban J connectivity index is 1.75. The largest absolute Gasteiger partial charge is 0.459 e. The van der Waals surface area contributed by atoms with E-state index < -0.39 is 11.9 Å². The van der Waals surface area contributed by atoms with E-state index in [2.05, 4.69) is 30.5 Å². The van der Waals surface area contributed by atoms with Crippen molar-refractivity contribution in [3.05, 3.63) is 81.4 Å². The first-order valence-corrected chi connectivity index (χ1v) is 10.0. The molecule has 0 fully saturated rings. The first kappa shape index (κ1) is 19.9. The summed E-state index contributed by atoms with van der Waals surface area (Å²) >= 11 is 1.71. The second-order valence-corrected chi connectivity index (χ2v) is 8.25. The number of aryl methyl sites for hydroxylation is 2. The fraction of sp³-hybridized carbons (Fsp3) is 0.273. The minimum absolute atomic E-state index is 0.142. The quantitative estimate of drug-likeness (QED) is 0.629. The molecule has 2 N–H and O–H groups in total. The smallest absolute Gasteiger partial charge is 0.287 e. The highest BCUT2D eigenvalue weighted by Crippen LogP contribution is 2.26. The van der Waals surface area contributed by atoms with Gasteiger partial charge in [0.1, 0.15) is 6.04 Å². The Bertz CT molecular complexity index is 932. The minimum Gasteiger partial charge on any atom is -0.459 e. The molecule has 0 spiro atoms. The van der Waals surface area contributed by atoms with Crippen LogP contribution in [-0.4, -0.2) is 17.9 Å². The van der Waals surface area contributed by atoms with E-state index in [1.54, 1.807) is 23.5 Å². The van der Waals surface area contributed by atoms with Crippen LogP contribution in [0.25, 0.3) is 0 Å². The molecule has 146 valence electrons. The predicted octanol–water partition coefficient (Wildman–Crippen LogP) is 4.18. The van der Waals surface area contributed by atoms with Crippen molar-refractivity contribution in [1.82, 2.24) is 10.6 Å². The summed E-state index contributed by atoms with van der Waals surface area (Å²) in [5, 5.41) is 5.85. The summed E-state index contributed by atoms with van der Waals surface area (Å²) in [5.74, 6) is -0.445. The summed E-state index contributed by atoms with van der Waals surface area (Å²) in [5.41, 5.74) is 2.07. The average molecular weight is 397 g/mol. The molecule has 0 saturated heterocycles. The molecule has 0 aliphatic carbocycles. The molecule has 3 rings (SSSR count). The maximum absolute atomic E-state index is 13.0. The third kappa shape index (κ3) is 4.89.